The van der Waals surface area contributed by atoms with Gasteiger partial charge in [-0.2, -0.15) is 0 Å². The van der Waals surface area contributed by atoms with E-state index in [1.54, 1.807) is 10.8 Å². The van der Waals surface area contributed by atoms with E-state index in [2.05, 4.69) is 34.8 Å². The number of hydrogen-bond acceptors (Lipinski definition) is 7. The molecule has 3 N–H and O–H groups in total. The minimum Gasteiger partial charge on any atom is -0.464 e. The molecule has 0 spiro atoms. The number of amides is 2. The second kappa shape index (κ2) is 12.2. The molecule has 2 aromatic heterocycles. The van der Waals surface area contributed by atoms with Gasteiger partial charge in [0.05, 0.1) is 24.7 Å². The highest BCUT2D eigenvalue weighted by Gasteiger charge is 2.26. The number of nitrogens with zero attached hydrogens (tertiary/aromatic N) is 2. The van der Waals surface area contributed by atoms with Gasteiger partial charge in [0, 0.05) is 38.2 Å². The molecule has 1 aromatic carbocycles. The van der Waals surface area contributed by atoms with Crippen LogP contribution < -0.4 is 16.0 Å². The van der Waals surface area contributed by atoms with Gasteiger partial charge in [-0.1, -0.05) is 26.0 Å². The van der Waals surface area contributed by atoms with Crippen molar-refractivity contribution in [1.29, 1.82) is 0 Å². The van der Waals surface area contributed by atoms with Gasteiger partial charge in [0.1, 0.15) is 12.3 Å². The lowest BCUT2D eigenvalue weighted by atomic mass is 10.1. The largest absolute Gasteiger partial charge is 0.464 e. The van der Waals surface area contributed by atoms with Gasteiger partial charge >= 0.3 is 5.97 Å². The zero-order valence-electron chi connectivity index (χ0n) is 21.3. The van der Waals surface area contributed by atoms with Gasteiger partial charge in [0.15, 0.2) is 5.69 Å². The summed E-state index contributed by atoms with van der Waals surface area (Å²) in [5, 5.41) is 9.50. The summed E-state index contributed by atoms with van der Waals surface area (Å²) in [7, 11) is 2.74. The number of benzene rings is 1. The smallest absolute Gasteiger partial charge is 0.356 e. The lowest BCUT2D eigenvalue weighted by Gasteiger charge is -2.12. The van der Waals surface area contributed by atoms with Crippen LogP contribution in [0.15, 0.2) is 36.5 Å². The Morgan fingerprint density at radius 1 is 1.06 bits per heavy atom. The van der Waals surface area contributed by atoms with Gasteiger partial charge in [-0.3, -0.25) is 9.59 Å². The van der Waals surface area contributed by atoms with Gasteiger partial charge in [-0.05, 0) is 36.1 Å². The van der Waals surface area contributed by atoms with Crippen LogP contribution in [0.4, 0.5) is 17.1 Å². The van der Waals surface area contributed by atoms with Gasteiger partial charge < -0.3 is 30.0 Å². The monoisotopic (exact) mass is 495 g/mol. The number of pyridine rings is 1. The Balaban J connectivity index is 1.97. The number of anilines is 3. The van der Waals surface area contributed by atoms with Crippen LogP contribution in [0, 0.1) is 5.92 Å². The van der Waals surface area contributed by atoms with Gasteiger partial charge in [0.2, 0.25) is 11.8 Å². The average Bonchev–Trinajstić information content (AvgIpc) is 3.14. The van der Waals surface area contributed by atoms with Crippen LogP contribution in [0.3, 0.4) is 0 Å². The average molecular weight is 496 g/mol. The molecule has 10 nitrogen and oxygen atoms in total. The fourth-order valence-corrected chi connectivity index (χ4v) is 3.78. The molecule has 0 bridgehead atoms. The fraction of sp³-hybridized carbons (Fsp3) is 0.385. The number of aryl methyl sites for hydroxylation is 1. The number of ether oxygens (including phenoxy) is 2. The third-order valence-corrected chi connectivity index (χ3v) is 5.52. The summed E-state index contributed by atoms with van der Waals surface area (Å²) in [6.45, 7) is 6.56. The Labute approximate surface area is 210 Å². The Kier molecular flexibility index (Phi) is 9.02. The molecule has 2 amide bonds. The topological polar surface area (TPSA) is 124 Å². The number of aromatic nitrogens is 2. The highest BCUT2D eigenvalue weighted by Crippen LogP contribution is 2.33. The van der Waals surface area contributed by atoms with Crippen LogP contribution >= 0.6 is 0 Å². The predicted octanol–water partition coefficient (Wildman–Crippen LogP) is 4.02. The maximum absolute atomic E-state index is 12.8. The Morgan fingerprint density at radius 2 is 1.78 bits per heavy atom. The summed E-state index contributed by atoms with van der Waals surface area (Å²) < 4.78 is 11.8. The third-order valence-electron chi connectivity index (χ3n) is 5.52. The van der Waals surface area contributed by atoms with Crippen LogP contribution in [0.2, 0.25) is 0 Å². The number of hydrogen-bond donors (Lipinski definition) is 3. The molecule has 0 aliphatic rings. The second-order valence-corrected chi connectivity index (χ2v) is 8.86. The molecular weight excluding hydrogens is 462 g/mol. The SMILES string of the molecule is COCC(=O)Nc1c(C(=O)OC)n(CCC(C)C)c2ncc(NCc3ccc(NC(C)=O)cc3)cc12. The number of carbonyl (C=O) groups is 3. The molecule has 10 heteroatoms. The first-order valence-corrected chi connectivity index (χ1v) is 11.7. The van der Waals surface area contributed by atoms with Crippen LogP contribution in [0.25, 0.3) is 11.0 Å². The zero-order valence-corrected chi connectivity index (χ0v) is 21.3. The molecule has 0 atom stereocenters. The number of fused-ring (bicyclic) bond motifs is 1. The van der Waals surface area contributed by atoms with E-state index in [1.807, 2.05) is 30.3 Å². The lowest BCUT2D eigenvalue weighted by Crippen LogP contribution is -2.20. The second-order valence-electron chi connectivity index (χ2n) is 8.86. The van der Waals surface area contributed by atoms with E-state index >= 15 is 0 Å². The standard InChI is InChI=1S/C26H33N5O5/c1-16(2)10-11-31-24(26(34)36-5)23(30-22(33)15-35-4)21-12-20(14-28-25(21)31)27-13-18-6-8-19(9-7-18)29-17(3)32/h6-9,12,14,16,27H,10-11,13,15H2,1-5H3,(H,29,32)(H,30,33). The molecule has 0 aliphatic carbocycles. The molecule has 3 aromatic rings. The highest BCUT2D eigenvalue weighted by atomic mass is 16.5. The van der Waals surface area contributed by atoms with Crippen LogP contribution in [-0.2, 0) is 32.2 Å². The molecular formula is C26H33N5O5. The Morgan fingerprint density at radius 3 is 2.39 bits per heavy atom. The van der Waals surface area contributed by atoms with Crippen molar-refractivity contribution in [3.63, 3.8) is 0 Å². The van der Waals surface area contributed by atoms with E-state index in [9.17, 15) is 14.4 Å². The number of rotatable bonds is 11. The summed E-state index contributed by atoms with van der Waals surface area (Å²) in [5.74, 6) is -0.667. The Bertz CT molecular complexity index is 1230. The number of nitrogens with one attached hydrogen (secondary N) is 3. The van der Waals surface area contributed by atoms with Crippen LogP contribution in [-0.4, -0.2) is 48.2 Å². The molecule has 2 heterocycles. The molecule has 0 unspecified atom stereocenters. The predicted molar refractivity (Wildman–Crippen MR) is 139 cm³/mol. The van der Waals surface area contributed by atoms with Gasteiger partial charge in [0.25, 0.3) is 0 Å². The maximum atomic E-state index is 12.8. The summed E-state index contributed by atoms with van der Waals surface area (Å²) in [4.78, 5) is 41.1. The van der Waals surface area contributed by atoms with E-state index in [0.29, 0.717) is 41.4 Å². The summed E-state index contributed by atoms with van der Waals surface area (Å²) in [6.07, 6.45) is 2.51. The molecule has 0 fully saturated rings. The maximum Gasteiger partial charge on any atom is 0.356 e. The van der Waals surface area contributed by atoms with Crippen molar-refractivity contribution in [3.05, 3.63) is 47.8 Å². The highest BCUT2D eigenvalue weighted by molar-refractivity contribution is 6.11. The normalized spacial score (nSPS) is 10.9. The minimum absolute atomic E-state index is 0.125. The molecule has 192 valence electrons. The Hall–Kier alpha value is -3.92. The zero-order chi connectivity index (χ0) is 26.2. The van der Waals surface area contributed by atoms with E-state index < -0.39 is 5.97 Å². The van der Waals surface area contributed by atoms with Crippen molar-refractivity contribution < 1.29 is 23.9 Å². The van der Waals surface area contributed by atoms with Gasteiger partial charge in [-0.25, -0.2) is 9.78 Å². The van der Waals surface area contributed by atoms with Crippen molar-refractivity contribution in [1.82, 2.24) is 9.55 Å². The summed E-state index contributed by atoms with van der Waals surface area (Å²) in [6, 6.07) is 9.35. The summed E-state index contributed by atoms with van der Waals surface area (Å²) >= 11 is 0. The molecule has 0 saturated heterocycles. The number of esters is 1. The molecule has 36 heavy (non-hydrogen) atoms. The molecule has 3 rings (SSSR count). The first-order valence-electron chi connectivity index (χ1n) is 11.7. The first-order chi connectivity index (χ1) is 17.2. The lowest BCUT2D eigenvalue weighted by molar-refractivity contribution is -0.119. The van der Waals surface area contributed by atoms with E-state index in [1.165, 1.54) is 21.1 Å². The third kappa shape index (κ3) is 6.60. The number of carbonyl (C=O) groups excluding carboxylic acids is 3. The number of methoxy groups -OCH3 is 2. The van der Waals surface area contributed by atoms with Crippen molar-refractivity contribution >= 4 is 45.9 Å². The van der Waals surface area contributed by atoms with E-state index in [0.717, 1.165) is 17.7 Å². The minimum atomic E-state index is -0.557. The van der Waals surface area contributed by atoms with Crippen LogP contribution in [0.1, 0.15) is 43.2 Å². The van der Waals surface area contributed by atoms with Crippen LogP contribution in [0.5, 0.6) is 0 Å². The van der Waals surface area contributed by atoms with Crippen molar-refractivity contribution in [2.45, 2.75) is 40.3 Å². The van der Waals surface area contributed by atoms with Crippen molar-refractivity contribution in [2.24, 2.45) is 5.92 Å². The molecule has 0 aliphatic heterocycles. The molecule has 0 radical (unpaired) electrons. The quantitative estimate of drug-likeness (QED) is 0.343. The van der Waals surface area contributed by atoms with Crippen molar-refractivity contribution in [2.75, 3.05) is 36.8 Å². The van der Waals surface area contributed by atoms with E-state index in [4.69, 9.17) is 9.47 Å². The van der Waals surface area contributed by atoms with E-state index in [-0.39, 0.29) is 24.1 Å². The molecule has 0 saturated carbocycles. The van der Waals surface area contributed by atoms with Crippen molar-refractivity contribution in [3.8, 4) is 0 Å². The first kappa shape index (κ1) is 26.7. The summed E-state index contributed by atoms with van der Waals surface area (Å²) in [5.41, 5.74) is 3.61. The fourth-order valence-electron chi connectivity index (χ4n) is 3.78. The van der Waals surface area contributed by atoms with Gasteiger partial charge in [-0.15, -0.1) is 0 Å².